The summed E-state index contributed by atoms with van der Waals surface area (Å²) in [5.74, 6) is 0.928. The zero-order valence-corrected chi connectivity index (χ0v) is 15.6. The Kier molecular flexibility index (Phi) is 5.66. The summed E-state index contributed by atoms with van der Waals surface area (Å²) in [6.07, 6.45) is -0.274. The van der Waals surface area contributed by atoms with Crippen LogP contribution in [-0.4, -0.2) is 32.3 Å². The third kappa shape index (κ3) is 3.77. The minimum Gasteiger partial charge on any atom is -0.493 e. The van der Waals surface area contributed by atoms with E-state index in [4.69, 9.17) is 21.1 Å². The van der Waals surface area contributed by atoms with E-state index in [1.165, 1.54) is 0 Å². The van der Waals surface area contributed by atoms with E-state index >= 15 is 0 Å². The standard InChI is InChI=1S/C19H22ClN3O3/c1-11-17(12-5-4-6-14(20)9-12)18(23-22-11)21-19(24)13-7-8-15(25-2)16(10-13)26-3/h4-11,17-18,22-23H,1-3H3,(H,21,24). The summed E-state index contributed by atoms with van der Waals surface area (Å²) in [4.78, 5) is 12.7. The van der Waals surface area contributed by atoms with Gasteiger partial charge in [0.15, 0.2) is 11.5 Å². The monoisotopic (exact) mass is 375 g/mol. The summed E-state index contributed by atoms with van der Waals surface area (Å²) in [5.41, 5.74) is 7.88. The molecule has 0 saturated carbocycles. The normalized spacial score (nSPS) is 22.1. The molecule has 3 unspecified atom stereocenters. The molecule has 0 aliphatic carbocycles. The maximum absolute atomic E-state index is 12.7. The lowest BCUT2D eigenvalue weighted by atomic mass is 9.91. The van der Waals surface area contributed by atoms with Crippen LogP contribution in [0.1, 0.15) is 28.8 Å². The second-order valence-electron chi connectivity index (χ2n) is 6.18. The van der Waals surface area contributed by atoms with Gasteiger partial charge >= 0.3 is 0 Å². The van der Waals surface area contributed by atoms with Crippen LogP contribution in [0.5, 0.6) is 11.5 Å². The lowest BCUT2D eigenvalue weighted by Gasteiger charge is -2.23. The molecule has 3 atom stereocenters. The maximum Gasteiger partial charge on any atom is 0.252 e. The number of halogens is 1. The van der Waals surface area contributed by atoms with E-state index in [1.807, 2.05) is 24.3 Å². The van der Waals surface area contributed by atoms with Crippen LogP contribution in [0.15, 0.2) is 42.5 Å². The van der Waals surface area contributed by atoms with Crippen molar-refractivity contribution in [2.45, 2.75) is 25.0 Å². The fourth-order valence-electron chi connectivity index (χ4n) is 3.21. The van der Waals surface area contributed by atoms with E-state index in [-0.39, 0.29) is 24.0 Å². The zero-order valence-electron chi connectivity index (χ0n) is 14.9. The van der Waals surface area contributed by atoms with Gasteiger partial charge in [-0.15, -0.1) is 0 Å². The lowest BCUT2D eigenvalue weighted by molar-refractivity contribution is 0.0928. The number of methoxy groups -OCH3 is 2. The third-order valence-corrected chi connectivity index (χ3v) is 4.77. The van der Waals surface area contributed by atoms with Crippen LogP contribution in [-0.2, 0) is 0 Å². The van der Waals surface area contributed by atoms with Crippen LogP contribution < -0.4 is 25.6 Å². The molecule has 1 aliphatic heterocycles. The van der Waals surface area contributed by atoms with Crippen molar-refractivity contribution in [2.24, 2.45) is 0 Å². The van der Waals surface area contributed by atoms with Crippen LogP contribution in [0.25, 0.3) is 0 Å². The number of carbonyl (C=O) groups is 1. The number of carbonyl (C=O) groups excluding carboxylic acids is 1. The molecule has 0 spiro atoms. The Bertz CT molecular complexity index is 799. The molecule has 1 amide bonds. The predicted octanol–water partition coefficient (Wildman–Crippen LogP) is 2.69. The van der Waals surface area contributed by atoms with Gasteiger partial charge in [0.05, 0.1) is 14.2 Å². The molecule has 138 valence electrons. The van der Waals surface area contributed by atoms with Crippen molar-refractivity contribution in [3.63, 3.8) is 0 Å². The number of hydrazine groups is 1. The molecule has 1 heterocycles. The second-order valence-corrected chi connectivity index (χ2v) is 6.62. The van der Waals surface area contributed by atoms with Crippen molar-refractivity contribution >= 4 is 17.5 Å². The van der Waals surface area contributed by atoms with Crippen LogP contribution in [0, 0.1) is 0 Å². The Labute approximate surface area is 157 Å². The minimum atomic E-state index is -0.274. The molecule has 1 aliphatic rings. The van der Waals surface area contributed by atoms with Gasteiger partial charge in [0.2, 0.25) is 0 Å². The number of hydrogen-bond donors (Lipinski definition) is 3. The second kappa shape index (κ2) is 7.95. The highest BCUT2D eigenvalue weighted by Crippen LogP contribution is 2.29. The highest BCUT2D eigenvalue weighted by atomic mass is 35.5. The molecule has 7 heteroatoms. The van der Waals surface area contributed by atoms with Gasteiger partial charge in [0, 0.05) is 22.5 Å². The molecule has 0 radical (unpaired) electrons. The summed E-state index contributed by atoms with van der Waals surface area (Å²) >= 11 is 6.13. The highest BCUT2D eigenvalue weighted by Gasteiger charge is 2.35. The first-order valence-electron chi connectivity index (χ1n) is 8.33. The average molecular weight is 376 g/mol. The van der Waals surface area contributed by atoms with Crippen LogP contribution in [0.2, 0.25) is 5.02 Å². The fourth-order valence-corrected chi connectivity index (χ4v) is 3.41. The summed E-state index contributed by atoms with van der Waals surface area (Å²) in [7, 11) is 3.10. The van der Waals surface area contributed by atoms with Crippen molar-refractivity contribution in [2.75, 3.05) is 14.2 Å². The van der Waals surface area contributed by atoms with Gasteiger partial charge in [0.1, 0.15) is 6.17 Å². The molecular weight excluding hydrogens is 354 g/mol. The van der Waals surface area contributed by atoms with Crippen LogP contribution in [0.3, 0.4) is 0 Å². The first-order valence-corrected chi connectivity index (χ1v) is 8.70. The van der Waals surface area contributed by atoms with Crippen LogP contribution in [0.4, 0.5) is 0 Å². The van der Waals surface area contributed by atoms with Crippen molar-refractivity contribution in [3.8, 4) is 11.5 Å². The highest BCUT2D eigenvalue weighted by molar-refractivity contribution is 6.30. The van der Waals surface area contributed by atoms with Gasteiger partial charge < -0.3 is 14.8 Å². The van der Waals surface area contributed by atoms with E-state index in [2.05, 4.69) is 23.1 Å². The van der Waals surface area contributed by atoms with E-state index < -0.39 is 0 Å². The van der Waals surface area contributed by atoms with E-state index in [0.717, 1.165) is 5.56 Å². The first-order chi connectivity index (χ1) is 12.5. The van der Waals surface area contributed by atoms with Gasteiger partial charge in [-0.2, -0.15) is 0 Å². The van der Waals surface area contributed by atoms with Crippen molar-refractivity contribution in [1.82, 2.24) is 16.2 Å². The van der Waals surface area contributed by atoms with Crippen molar-refractivity contribution in [3.05, 3.63) is 58.6 Å². The number of nitrogens with one attached hydrogen (secondary N) is 3. The predicted molar refractivity (Wildman–Crippen MR) is 101 cm³/mol. The Morgan fingerprint density at radius 1 is 1.08 bits per heavy atom. The summed E-state index contributed by atoms with van der Waals surface area (Å²) in [6, 6.07) is 12.9. The number of benzene rings is 2. The molecule has 1 saturated heterocycles. The topological polar surface area (TPSA) is 71.6 Å². The number of hydrogen-bond acceptors (Lipinski definition) is 5. The van der Waals surface area contributed by atoms with Gasteiger partial charge in [0.25, 0.3) is 5.91 Å². The molecule has 1 fully saturated rings. The Hall–Kier alpha value is -2.28. The SMILES string of the molecule is COc1ccc(C(=O)NC2NNC(C)C2c2cccc(Cl)c2)cc1OC. The molecule has 0 aromatic heterocycles. The summed E-state index contributed by atoms with van der Waals surface area (Å²) < 4.78 is 10.5. The van der Waals surface area contributed by atoms with Crippen molar-refractivity contribution < 1.29 is 14.3 Å². The van der Waals surface area contributed by atoms with Crippen LogP contribution >= 0.6 is 11.6 Å². The molecule has 3 rings (SSSR count). The van der Waals surface area contributed by atoms with Gasteiger partial charge in [-0.3, -0.25) is 10.2 Å². The number of ether oxygens (including phenoxy) is 2. The molecule has 26 heavy (non-hydrogen) atoms. The fraction of sp³-hybridized carbons (Fsp3) is 0.316. The third-order valence-electron chi connectivity index (χ3n) is 4.53. The Morgan fingerprint density at radius 3 is 2.54 bits per heavy atom. The number of rotatable bonds is 5. The zero-order chi connectivity index (χ0) is 18.7. The molecule has 2 aromatic carbocycles. The van der Waals surface area contributed by atoms with Crippen molar-refractivity contribution in [1.29, 1.82) is 0 Å². The van der Waals surface area contributed by atoms with E-state index in [0.29, 0.717) is 22.1 Å². The molecule has 2 aromatic rings. The molecule has 0 bridgehead atoms. The average Bonchev–Trinajstić information content (AvgIpc) is 3.01. The first kappa shape index (κ1) is 18.5. The summed E-state index contributed by atoms with van der Waals surface area (Å²) in [6.45, 7) is 2.06. The van der Waals surface area contributed by atoms with Gasteiger partial charge in [-0.25, -0.2) is 5.43 Å². The minimum absolute atomic E-state index is 0.0396. The number of amides is 1. The molecule has 6 nitrogen and oxygen atoms in total. The van der Waals surface area contributed by atoms with E-state index in [9.17, 15) is 4.79 Å². The van der Waals surface area contributed by atoms with Gasteiger partial charge in [-0.1, -0.05) is 23.7 Å². The van der Waals surface area contributed by atoms with Gasteiger partial charge in [-0.05, 0) is 42.8 Å². The lowest BCUT2D eigenvalue weighted by Crippen LogP contribution is -2.46. The van der Waals surface area contributed by atoms with E-state index in [1.54, 1.807) is 32.4 Å². The molecule has 3 N–H and O–H groups in total. The smallest absolute Gasteiger partial charge is 0.252 e. The summed E-state index contributed by atoms with van der Waals surface area (Å²) in [5, 5.41) is 3.70. The Morgan fingerprint density at radius 2 is 1.85 bits per heavy atom. The largest absolute Gasteiger partial charge is 0.493 e. The Balaban J connectivity index is 1.80. The quantitative estimate of drug-likeness (QED) is 0.749. The maximum atomic E-state index is 12.7. The molecular formula is C19H22ClN3O3.